The summed E-state index contributed by atoms with van der Waals surface area (Å²) in [5.74, 6) is 0.0891. The van der Waals surface area contributed by atoms with Crippen molar-refractivity contribution in [1.82, 2.24) is 4.90 Å². The SMILES string of the molecule is O=C([C@H]1CCCO1)N1CCCCC1CO. The molecular formula is C11H19NO3. The molecule has 0 spiro atoms. The van der Waals surface area contributed by atoms with E-state index in [0.717, 1.165) is 38.6 Å². The number of aliphatic hydroxyl groups is 1. The molecule has 1 amide bonds. The Balaban J connectivity index is 1.96. The zero-order valence-electron chi connectivity index (χ0n) is 9.02. The summed E-state index contributed by atoms with van der Waals surface area (Å²) in [6, 6.07) is 0.0236. The van der Waals surface area contributed by atoms with Gasteiger partial charge in [-0.25, -0.2) is 0 Å². The summed E-state index contributed by atoms with van der Waals surface area (Å²) in [5, 5.41) is 9.22. The van der Waals surface area contributed by atoms with Crippen molar-refractivity contribution in [1.29, 1.82) is 0 Å². The minimum atomic E-state index is -0.239. The Morgan fingerprint density at radius 1 is 1.33 bits per heavy atom. The van der Waals surface area contributed by atoms with Gasteiger partial charge in [-0.05, 0) is 32.1 Å². The molecule has 4 nitrogen and oxygen atoms in total. The molecule has 2 rings (SSSR count). The van der Waals surface area contributed by atoms with E-state index in [-0.39, 0.29) is 24.7 Å². The van der Waals surface area contributed by atoms with Crippen LogP contribution in [0.25, 0.3) is 0 Å². The third kappa shape index (κ3) is 2.32. The number of hydrogen-bond acceptors (Lipinski definition) is 3. The average Bonchev–Trinajstić information content (AvgIpc) is 2.81. The molecule has 0 aromatic rings. The number of rotatable bonds is 2. The van der Waals surface area contributed by atoms with Crippen molar-refractivity contribution in [3.8, 4) is 0 Å². The fraction of sp³-hybridized carbons (Fsp3) is 0.909. The first-order chi connectivity index (χ1) is 7.33. The molecule has 15 heavy (non-hydrogen) atoms. The molecule has 2 aliphatic heterocycles. The second-order valence-electron chi connectivity index (χ2n) is 4.37. The summed E-state index contributed by atoms with van der Waals surface area (Å²) < 4.78 is 5.39. The number of amides is 1. The topological polar surface area (TPSA) is 49.8 Å². The van der Waals surface area contributed by atoms with Crippen LogP contribution in [-0.4, -0.2) is 47.8 Å². The van der Waals surface area contributed by atoms with Gasteiger partial charge < -0.3 is 14.7 Å². The molecule has 0 aliphatic carbocycles. The van der Waals surface area contributed by atoms with Gasteiger partial charge in [-0.15, -0.1) is 0 Å². The van der Waals surface area contributed by atoms with E-state index in [9.17, 15) is 9.90 Å². The Kier molecular flexibility index (Phi) is 3.59. The van der Waals surface area contributed by atoms with Crippen LogP contribution in [0.2, 0.25) is 0 Å². The highest BCUT2D eigenvalue weighted by atomic mass is 16.5. The van der Waals surface area contributed by atoms with Crippen LogP contribution in [0.5, 0.6) is 0 Å². The van der Waals surface area contributed by atoms with Crippen LogP contribution in [0.3, 0.4) is 0 Å². The average molecular weight is 213 g/mol. The summed E-state index contributed by atoms with van der Waals surface area (Å²) in [6.07, 6.45) is 4.67. The van der Waals surface area contributed by atoms with Crippen molar-refractivity contribution >= 4 is 5.91 Å². The first-order valence-corrected chi connectivity index (χ1v) is 5.86. The minimum Gasteiger partial charge on any atom is -0.394 e. The molecule has 0 saturated carbocycles. The number of piperidine rings is 1. The van der Waals surface area contributed by atoms with Crippen molar-refractivity contribution in [2.24, 2.45) is 0 Å². The molecule has 0 aromatic carbocycles. The van der Waals surface area contributed by atoms with Crippen molar-refractivity contribution < 1.29 is 14.6 Å². The van der Waals surface area contributed by atoms with E-state index in [2.05, 4.69) is 0 Å². The highest BCUT2D eigenvalue weighted by Gasteiger charge is 2.33. The predicted molar refractivity (Wildman–Crippen MR) is 55.4 cm³/mol. The lowest BCUT2D eigenvalue weighted by Crippen LogP contribution is -2.49. The highest BCUT2D eigenvalue weighted by Crippen LogP contribution is 2.21. The molecule has 2 fully saturated rings. The molecule has 0 aromatic heterocycles. The highest BCUT2D eigenvalue weighted by molar-refractivity contribution is 5.81. The fourth-order valence-corrected chi connectivity index (χ4v) is 2.44. The summed E-state index contributed by atoms with van der Waals surface area (Å²) in [5.41, 5.74) is 0. The predicted octanol–water partition coefficient (Wildman–Crippen LogP) is 0.539. The first kappa shape index (κ1) is 10.9. The van der Waals surface area contributed by atoms with Gasteiger partial charge in [-0.1, -0.05) is 0 Å². The third-order valence-electron chi connectivity index (χ3n) is 3.33. The molecule has 2 aliphatic rings. The molecule has 0 bridgehead atoms. The van der Waals surface area contributed by atoms with Crippen LogP contribution in [0.1, 0.15) is 32.1 Å². The smallest absolute Gasteiger partial charge is 0.252 e. The van der Waals surface area contributed by atoms with Gasteiger partial charge >= 0.3 is 0 Å². The molecule has 2 heterocycles. The zero-order chi connectivity index (χ0) is 10.7. The second kappa shape index (κ2) is 4.94. The van der Waals surface area contributed by atoms with Crippen LogP contribution in [-0.2, 0) is 9.53 Å². The first-order valence-electron chi connectivity index (χ1n) is 5.86. The van der Waals surface area contributed by atoms with Gasteiger partial charge in [0.25, 0.3) is 5.91 Å². The van der Waals surface area contributed by atoms with E-state index in [0.29, 0.717) is 6.61 Å². The molecule has 4 heteroatoms. The van der Waals surface area contributed by atoms with Gasteiger partial charge in [0.15, 0.2) is 0 Å². The second-order valence-corrected chi connectivity index (χ2v) is 4.37. The lowest BCUT2D eigenvalue weighted by Gasteiger charge is -2.35. The molecule has 2 atom stereocenters. The molecule has 2 saturated heterocycles. The Bertz CT molecular complexity index is 226. The van der Waals surface area contributed by atoms with Gasteiger partial charge in [0.2, 0.25) is 0 Å². The summed E-state index contributed by atoms with van der Waals surface area (Å²) in [7, 11) is 0. The van der Waals surface area contributed by atoms with Crippen molar-refractivity contribution in [3.05, 3.63) is 0 Å². The van der Waals surface area contributed by atoms with Gasteiger partial charge in [-0.2, -0.15) is 0 Å². The largest absolute Gasteiger partial charge is 0.394 e. The number of carbonyl (C=O) groups is 1. The van der Waals surface area contributed by atoms with Crippen LogP contribution in [0.15, 0.2) is 0 Å². The van der Waals surface area contributed by atoms with Crippen molar-refractivity contribution in [3.63, 3.8) is 0 Å². The zero-order valence-corrected chi connectivity index (χ0v) is 9.02. The van der Waals surface area contributed by atoms with Crippen molar-refractivity contribution in [2.45, 2.75) is 44.2 Å². The monoisotopic (exact) mass is 213 g/mol. The maximum absolute atomic E-state index is 12.1. The van der Waals surface area contributed by atoms with Crippen LogP contribution in [0, 0.1) is 0 Å². The molecule has 1 unspecified atom stereocenters. The van der Waals surface area contributed by atoms with Gasteiger partial charge in [-0.3, -0.25) is 4.79 Å². The van der Waals surface area contributed by atoms with Crippen LogP contribution >= 0.6 is 0 Å². The van der Waals surface area contributed by atoms with E-state index in [1.54, 1.807) is 0 Å². The van der Waals surface area contributed by atoms with E-state index in [1.807, 2.05) is 4.90 Å². The Morgan fingerprint density at radius 3 is 2.87 bits per heavy atom. The third-order valence-corrected chi connectivity index (χ3v) is 3.33. The van der Waals surface area contributed by atoms with Gasteiger partial charge in [0.05, 0.1) is 12.6 Å². The molecule has 1 N–H and O–H groups in total. The lowest BCUT2D eigenvalue weighted by molar-refractivity contribution is -0.145. The molecular weight excluding hydrogens is 194 g/mol. The number of nitrogens with zero attached hydrogens (tertiary/aromatic N) is 1. The number of ether oxygens (including phenoxy) is 1. The van der Waals surface area contributed by atoms with E-state index < -0.39 is 0 Å². The van der Waals surface area contributed by atoms with E-state index >= 15 is 0 Å². The van der Waals surface area contributed by atoms with Crippen LogP contribution < -0.4 is 0 Å². The van der Waals surface area contributed by atoms with E-state index in [1.165, 1.54) is 0 Å². The summed E-state index contributed by atoms with van der Waals surface area (Å²) in [6.45, 7) is 1.57. The van der Waals surface area contributed by atoms with Crippen molar-refractivity contribution in [2.75, 3.05) is 19.8 Å². The standard InChI is InChI=1S/C11H19NO3/c13-8-9-4-1-2-6-12(9)11(14)10-5-3-7-15-10/h9-10,13H,1-8H2/t9?,10-/m1/s1. The number of likely N-dealkylation sites (tertiary alicyclic amines) is 1. The fourth-order valence-electron chi connectivity index (χ4n) is 2.44. The minimum absolute atomic E-state index is 0.0236. The number of hydrogen-bond donors (Lipinski definition) is 1. The molecule has 86 valence electrons. The maximum atomic E-state index is 12.1. The maximum Gasteiger partial charge on any atom is 0.252 e. The summed E-state index contributed by atoms with van der Waals surface area (Å²) >= 11 is 0. The quantitative estimate of drug-likeness (QED) is 0.728. The van der Waals surface area contributed by atoms with Gasteiger partial charge in [0, 0.05) is 13.2 Å². The number of carbonyl (C=O) groups excluding carboxylic acids is 1. The Labute approximate surface area is 90.2 Å². The van der Waals surface area contributed by atoms with E-state index in [4.69, 9.17) is 4.74 Å². The molecule has 0 radical (unpaired) electrons. The normalized spacial score (nSPS) is 31.9. The number of aliphatic hydroxyl groups excluding tert-OH is 1. The van der Waals surface area contributed by atoms with Gasteiger partial charge in [0.1, 0.15) is 6.10 Å². The Morgan fingerprint density at radius 2 is 2.20 bits per heavy atom. The Hall–Kier alpha value is -0.610. The summed E-state index contributed by atoms with van der Waals surface area (Å²) in [4.78, 5) is 13.9. The lowest BCUT2D eigenvalue weighted by atomic mass is 10.0. The van der Waals surface area contributed by atoms with Crippen LogP contribution in [0.4, 0.5) is 0 Å².